The molecule has 3 aromatic carbocycles. The van der Waals surface area contributed by atoms with E-state index in [1.54, 1.807) is 18.2 Å². The first-order valence-corrected chi connectivity index (χ1v) is 8.11. The minimum Gasteiger partial charge on any atom is -0.366 e. The number of hydrogen-bond donors (Lipinski definition) is 1. The number of amides is 1. The number of hydrogen-bond acceptors (Lipinski definition) is 2. The summed E-state index contributed by atoms with van der Waals surface area (Å²) in [4.78, 5) is 11.5. The fraction of sp³-hybridized carbons (Fsp3) is 0.0952. The van der Waals surface area contributed by atoms with Crippen LogP contribution in [0, 0.1) is 5.82 Å². The lowest BCUT2D eigenvalue weighted by Crippen LogP contribution is -2.12. The molecular weight excluding hydrogens is 317 g/mol. The Labute approximate surface area is 143 Å². The molecule has 5 rings (SSSR count). The molecule has 3 aromatic rings. The van der Waals surface area contributed by atoms with Crippen LogP contribution in [0.3, 0.4) is 0 Å². The van der Waals surface area contributed by atoms with Crippen LogP contribution < -0.4 is 5.73 Å². The predicted octanol–water partition coefficient (Wildman–Crippen LogP) is 4.11. The van der Waals surface area contributed by atoms with Gasteiger partial charge in [-0.2, -0.15) is 0 Å². The summed E-state index contributed by atoms with van der Waals surface area (Å²) in [5.74, 6) is -0.689. The van der Waals surface area contributed by atoms with E-state index in [9.17, 15) is 9.18 Å². The van der Waals surface area contributed by atoms with Crippen LogP contribution >= 0.6 is 0 Å². The maximum Gasteiger partial charge on any atom is 0.248 e. The topological polar surface area (TPSA) is 52.3 Å². The number of carbonyl (C=O) groups is 1. The Balaban J connectivity index is 1.60. The van der Waals surface area contributed by atoms with Gasteiger partial charge < -0.3 is 10.5 Å². The summed E-state index contributed by atoms with van der Waals surface area (Å²) in [6.07, 6.45) is -0.283. The minimum absolute atomic E-state index is 0.0980. The molecule has 0 spiro atoms. The Hall–Kier alpha value is -2.98. The summed E-state index contributed by atoms with van der Waals surface area (Å²) in [6.45, 7) is 0. The second-order valence-electron chi connectivity index (χ2n) is 6.45. The lowest BCUT2D eigenvalue weighted by atomic mass is 9.84. The summed E-state index contributed by atoms with van der Waals surface area (Å²) in [6, 6.07) is 18.2. The Bertz CT molecular complexity index is 1030. The molecule has 4 heteroatoms. The van der Waals surface area contributed by atoms with Gasteiger partial charge in [0, 0.05) is 5.56 Å². The van der Waals surface area contributed by atoms with Crippen molar-refractivity contribution in [1.29, 1.82) is 0 Å². The van der Waals surface area contributed by atoms with Crippen molar-refractivity contribution < 1.29 is 13.9 Å². The molecule has 1 amide bonds. The van der Waals surface area contributed by atoms with Crippen LogP contribution in [0.15, 0.2) is 60.7 Å². The van der Waals surface area contributed by atoms with Gasteiger partial charge in [0.15, 0.2) is 0 Å². The van der Waals surface area contributed by atoms with E-state index in [0.717, 1.165) is 33.4 Å². The van der Waals surface area contributed by atoms with Crippen LogP contribution in [-0.4, -0.2) is 5.91 Å². The zero-order valence-corrected chi connectivity index (χ0v) is 13.2. The van der Waals surface area contributed by atoms with Crippen molar-refractivity contribution in [2.75, 3.05) is 0 Å². The Morgan fingerprint density at radius 3 is 2.12 bits per heavy atom. The van der Waals surface area contributed by atoms with Gasteiger partial charge in [0.2, 0.25) is 5.91 Å². The lowest BCUT2D eigenvalue weighted by Gasteiger charge is -2.17. The van der Waals surface area contributed by atoms with Crippen LogP contribution in [0.1, 0.15) is 44.8 Å². The van der Waals surface area contributed by atoms with Gasteiger partial charge in [0.1, 0.15) is 18.0 Å². The van der Waals surface area contributed by atoms with E-state index in [-0.39, 0.29) is 18.0 Å². The first kappa shape index (κ1) is 14.4. The molecule has 2 unspecified atom stereocenters. The number of benzene rings is 3. The SMILES string of the molecule is NC(=O)c1ccc2c(c1)C1OC2c2ccc(-c3ccc(F)cc3)cc21. The monoisotopic (exact) mass is 331 g/mol. The van der Waals surface area contributed by atoms with Gasteiger partial charge in [-0.3, -0.25) is 4.79 Å². The van der Waals surface area contributed by atoms with Crippen molar-refractivity contribution in [3.8, 4) is 11.1 Å². The van der Waals surface area contributed by atoms with Crippen LogP contribution in [0.25, 0.3) is 11.1 Å². The second kappa shape index (κ2) is 5.01. The van der Waals surface area contributed by atoms with E-state index in [0.29, 0.717) is 5.56 Å². The van der Waals surface area contributed by atoms with Crippen molar-refractivity contribution in [3.63, 3.8) is 0 Å². The van der Waals surface area contributed by atoms with Crippen LogP contribution in [0.5, 0.6) is 0 Å². The quantitative estimate of drug-likeness (QED) is 0.768. The third-order valence-electron chi connectivity index (χ3n) is 5.04. The fourth-order valence-electron chi connectivity index (χ4n) is 3.82. The minimum atomic E-state index is -0.439. The van der Waals surface area contributed by atoms with Crippen molar-refractivity contribution in [2.24, 2.45) is 5.73 Å². The van der Waals surface area contributed by atoms with Gasteiger partial charge in [0.25, 0.3) is 0 Å². The summed E-state index contributed by atoms with van der Waals surface area (Å²) in [7, 11) is 0. The second-order valence-corrected chi connectivity index (χ2v) is 6.45. The molecule has 122 valence electrons. The largest absolute Gasteiger partial charge is 0.366 e. The number of halogens is 1. The molecule has 0 radical (unpaired) electrons. The molecule has 0 fully saturated rings. The number of fused-ring (bicyclic) bond motifs is 8. The zero-order chi connectivity index (χ0) is 17.1. The van der Waals surface area contributed by atoms with Gasteiger partial charge in [-0.25, -0.2) is 4.39 Å². The van der Waals surface area contributed by atoms with Gasteiger partial charge in [-0.05, 0) is 63.7 Å². The Kier molecular flexibility index (Phi) is 2.88. The van der Waals surface area contributed by atoms with Gasteiger partial charge in [0.05, 0.1) is 0 Å². The number of primary amides is 1. The summed E-state index contributed by atoms with van der Waals surface area (Å²) >= 11 is 0. The lowest BCUT2D eigenvalue weighted by molar-refractivity contribution is 0.0857. The smallest absolute Gasteiger partial charge is 0.248 e. The van der Waals surface area contributed by atoms with Gasteiger partial charge in [-0.15, -0.1) is 0 Å². The van der Waals surface area contributed by atoms with Crippen molar-refractivity contribution in [1.82, 2.24) is 0 Å². The van der Waals surface area contributed by atoms with E-state index < -0.39 is 5.91 Å². The van der Waals surface area contributed by atoms with Crippen molar-refractivity contribution >= 4 is 5.91 Å². The predicted molar refractivity (Wildman–Crippen MR) is 91.6 cm³/mol. The number of nitrogens with two attached hydrogens (primary N) is 1. The highest BCUT2D eigenvalue weighted by molar-refractivity contribution is 5.93. The van der Waals surface area contributed by atoms with E-state index in [1.165, 1.54) is 12.1 Å². The third kappa shape index (κ3) is 2.04. The molecule has 25 heavy (non-hydrogen) atoms. The maximum absolute atomic E-state index is 13.2. The summed E-state index contributed by atoms with van der Waals surface area (Å²) in [5, 5.41) is 0. The molecule has 2 N–H and O–H groups in total. The Morgan fingerprint density at radius 2 is 1.40 bits per heavy atom. The van der Waals surface area contributed by atoms with Crippen molar-refractivity contribution in [2.45, 2.75) is 12.2 Å². The molecule has 2 atom stereocenters. The average Bonchev–Trinajstić information content (AvgIpc) is 3.18. The highest BCUT2D eigenvalue weighted by Gasteiger charge is 2.42. The Morgan fingerprint density at radius 1 is 0.800 bits per heavy atom. The van der Waals surface area contributed by atoms with Crippen molar-refractivity contribution in [3.05, 3.63) is 94.3 Å². The highest BCUT2D eigenvalue weighted by atomic mass is 19.1. The molecule has 2 aliphatic rings. The number of carbonyl (C=O) groups excluding carboxylic acids is 1. The molecule has 2 aliphatic heterocycles. The van der Waals surface area contributed by atoms with Crippen LogP contribution in [0.4, 0.5) is 4.39 Å². The van der Waals surface area contributed by atoms with E-state index in [1.807, 2.05) is 18.2 Å². The highest BCUT2D eigenvalue weighted by Crippen LogP contribution is 2.54. The molecule has 0 saturated carbocycles. The number of rotatable bonds is 2. The van der Waals surface area contributed by atoms with Gasteiger partial charge in [-0.1, -0.05) is 30.3 Å². The molecule has 0 aromatic heterocycles. The fourth-order valence-corrected chi connectivity index (χ4v) is 3.82. The molecule has 0 saturated heterocycles. The zero-order valence-electron chi connectivity index (χ0n) is 13.2. The normalized spacial score (nSPS) is 19.6. The van der Waals surface area contributed by atoms with Crippen LogP contribution in [0.2, 0.25) is 0 Å². The molecule has 2 heterocycles. The molecule has 0 aliphatic carbocycles. The molecule has 2 bridgehead atoms. The molecular formula is C21H14FNO2. The van der Waals surface area contributed by atoms with E-state index in [2.05, 4.69) is 12.1 Å². The summed E-state index contributed by atoms with van der Waals surface area (Å²) < 4.78 is 19.3. The third-order valence-corrected chi connectivity index (χ3v) is 5.04. The first-order chi connectivity index (χ1) is 12.1. The van der Waals surface area contributed by atoms with E-state index >= 15 is 0 Å². The van der Waals surface area contributed by atoms with E-state index in [4.69, 9.17) is 10.5 Å². The maximum atomic E-state index is 13.2. The first-order valence-electron chi connectivity index (χ1n) is 8.11. The van der Waals surface area contributed by atoms with Crippen LogP contribution in [-0.2, 0) is 4.74 Å². The number of ether oxygens (including phenoxy) is 1. The molecule has 3 nitrogen and oxygen atoms in total. The van der Waals surface area contributed by atoms with Gasteiger partial charge >= 0.3 is 0 Å². The standard InChI is InChI=1S/C21H14FNO2/c22-14-5-1-11(2-6-14)12-3-7-15-17(9-12)20-18-10-13(21(23)24)4-8-16(18)19(15)25-20/h1-10,19-20H,(H2,23,24). The average molecular weight is 331 g/mol. The summed E-state index contributed by atoms with van der Waals surface area (Å²) in [5.41, 5.74) is 12.2.